The second-order valence-corrected chi connectivity index (χ2v) is 29.6. The summed E-state index contributed by atoms with van der Waals surface area (Å²) in [6.07, 6.45) is 79.3. The lowest BCUT2D eigenvalue weighted by atomic mass is 9.98. The minimum absolute atomic E-state index is 0.260. The number of carbonyl (C=O) groups is 1. The number of aliphatic hydroxyl groups excluding tert-OH is 7. The van der Waals surface area contributed by atoms with Crippen LogP contribution in [0.15, 0.2) is 12.2 Å². The zero-order chi connectivity index (χ0) is 67.4. The first kappa shape index (κ1) is 89.9. The third kappa shape index (κ3) is 57.3. The highest BCUT2D eigenvalue weighted by molar-refractivity contribution is 5.80. The van der Waals surface area contributed by atoms with Crippen LogP contribution in [0.4, 0.5) is 0 Å². The SMILES string of the molecule is CCCCCCCCCCCCCCCCCCCCCCCCCCC/C=C/CCCC(O)C(O)C(COC1OC(CO)C(O)C(O)C1O)NC(=O)C(O)CCCCCCCCCCCCCCCCCCCCCCCCCCCCCCCCCCCCCC. The van der Waals surface area contributed by atoms with E-state index in [4.69, 9.17) is 9.47 Å². The molecule has 1 aliphatic heterocycles. The Hall–Kier alpha value is -1.15. The van der Waals surface area contributed by atoms with E-state index in [0.29, 0.717) is 12.8 Å². The molecule has 1 fully saturated rings. The smallest absolute Gasteiger partial charge is 0.249 e. The molecule has 8 N–H and O–H groups in total. The summed E-state index contributed by atoms with van der Waals surface area (Å²) in [5.41, 5.74) is 0. The van der Waals surface area contributed by atoms with Gasteiger partial charge in [0.1, 0.15) is 36.6 Å². The van der Waals surface area contributed by atoms with Gasteiger partial charge >= 0.3 is 0 Å². The summed E-state index contributed by atoms with van der Waals surface area (Å²) in [4.78, 5) is 13.3. The highest BCUT2D eigenvalue weighted by Gasteiger charge is 2.44. The monoisotopic (exact) mass is 1320 g/mol. The first-order valence-electron chi connectivity index (χ1n) is 41.6. The van der Waals surface area contributed by atoms with Crippen LogP contribution in [0.1, 0.15) is 438 Å². The van der Waals surface area contributed by atoms with Gasteiger partial charge in [0.05, 0.1) is 25.4 Å². The zero-order valence-corrected chi connectivity index (χ0v) is 61.8. The molecule has 93 heavy (non-hydrogen) atoms. The molecule has 0 spiro atoms. The van der Waals surface area contributed by atoms with E-state index in [1.807, 2.05) is 0 Å². The van der Waals surface area contributed by atoms with Crippen LogP contribution >= 0.6 is 0 Å². The van der Waals surface area contributed by atoms with Gasteiger partial charge in [-0.1, -0.05) is 411 Å². The normalized spacial score (nSPS) is 18.2. The summed E-state index contributed by atoms with van der Waals surface area (Å²) in [5, 5.41) is 76.7. The number of hydrogen-bond donors (Lipinski definition) is 8. The van der Waals surface area contributed by atoms with Crippen molar-refractivity contribution < 1.29 is 50.0 Å². The maximum Gasteiger partial charge on any atom is 0.249 e. The van der Waals surface area contributed by atoms with E-state index >= 15 is 0 Å². The van der Waals surface area contributed by atoms with Crippen LogP contribution in [-0.4, -0.2) is 110 Å². The standard InChI is InChI=1S/C82H161NO10/c1-3-5-7-9-11-13-15-17-19-21-23-25-27-29-31-33-35-36-37-38-39-40-42-44-46-48-50-52-54-56-58-60-62-64-66-68-70-75(86)81(91)83-73(72-92-82-80(90)79(89)78(88)76(71-84)93-82)77(87)74(85)69-67-65-63-61-59-57-55-53-51-49-47-45-43-41-34-32-30-28-26-24-22-20-18-16-14-12-10-8-6-4-2/h61,63,73-80,82,84-90H,3-60,62,64-72H2,1-2H3,(H,83,91)/b63-61+. The van der Waals surface area contributed by atoms with E-state index in [2.05, 4.69) is 31.3 Å². The van der Waals surface area contributed by atoms with Crippen molar-refractivity contribution in [3.63, 3.8) is 0 Å². The van der Waals surface area contributed by atoms with Crippen molar-refractivity contribution in [2.45, 2.75) is 493 Å². The lowest BCUT2D eigenvalue weighted by Crippen LogP contribution is -2.60. The molecule has 9 atom stereocenters. The Morgan fingerprint density at radius 3 is 0.925 bits per heavy atom. The van der Waals surface area contributed by atoms with Crippen LogP contribution in [0, 0.1) is 0 Å². The Kier molecular flexibility index (Phi) is 68.3. The minimum atomic E-state index is -1.67. The predicted molar refractivity (Wildman–Crippen MR) is 395 cm³/mol. The summed E-state index contributed by atoms with van der Waals surface area (Å²) in [7, 11) is 0. The fourth-order valence-electron chi connectivity index (χ4n) is 14.0. The summed E-state index contributed by atoms with van der Waals surface area (Å²) < 4.78 is 11.2. The van der Waals surface area contributed by atoms with Crippen LogP contribution in [0.3, 0.4) is 0 Å². The highest BCUT2D eigenvalue weighted by Crippen LogP contribution is 2.25. The molecule has 0 aromatic rings. The third-order valence-corrected chi connectivity index (χ3v) is 20.6. The van der Waals surface area contributed by atoms with E-state index in [1.54, 1.807) is 0 Å². The van der Waals surface area contributed by atoms with Gasteiger partial charge in [-0.05, 0) is 38.5 Å². The molecule has 0 bridgehead atoms. The molecule has 11 nitrogen and oxygen atoms in total. The molecule has 1 rings (SSSR count). The maximum atomic E-state index is 13.3. The molecule has 9 unspecified atom stereocenters. The van der Waals surface area contributed by atoms with E-state index in [1.165, 1.54) is 366 Å². The van der Waals surface area contributed by atoms with Gasteiger partial charge in [-0.25, -0.2) is 0 Å². The Labute approximate surface area is 576 Å². The molecule has 11 heteroatoms. The lowest BCUT2D eigenvalue weighted by molar-refractivity contribution is -0.303. The van der Waals surface area contributed by atoms with Crippen molar-refractivity contribution in [2.75, 3.05) is 13.2 Å². The molecule has 0 aromatic carbocycles. The Morgan fingerprint density at radius 1 is 0.366 bits per heavy atom. The van der Waals surface area contributed by atoms with Crippen LogP contribution in [0.25, 0.3) is 0 Å². The number of nitrogens with one attached hydrogen (secondary N) is 1. The van der Waals surface area contributed by atoms with Gasteiger partial charge in [0.2, 0.25) is 5.91 Å². The van der Waals surface area contributed by atoms with Gasteiger partial charge < -0.3 is 50.5 Å². The predicted octanol–water partition coefficient (Wildman–Crippen LogP) is 21.7. The number of allylic oxidation sites excluding steroid dienone is 2. The summed E-state index contributed by atoms with van der Waals surface area (Å²) in [6, 6.07) is -1.18. The molecule has 1 aliphatic rings. The summed E-state index contributed by atoms with van der Waals surface area (Å²) >= 11 is 0. The fraction of sp³-hybridized carbons (Fsp3) is 0.963. The molecule has 1 amide bonds. The maximum absolute atomic E-state index is 13.3. The molecular weight excluding hydrogens is 1160 g/mol. The van der Waals surface area contributed by atoms with Crippen molar-refractivity contribution in [1.29, 1.82) is 0 Å². The zero-order valence-electron chi connectivity index (χ0n) is 61.8. The average molecular weight is 1320 g/mol. The highest BCUT2D eigenvalue weighted by atomic mass is 16.7. The number of carbonyl (C=O) groups excluding carboxylic acids is 1. The van der Waals surface area contributed by atoms with Crippen LogP contribution in [0.2, 0.25) is 0 Å². The molecule has 0 aromatic heterocycles. The van der Waals surface area contributed by atoms with Crippen LogP contribution in [0.5, 0.6) is 0 Å². The van der Waals surface area contributed by atoms with Gasteiger partial charge in [-0.3, -0.25) is 4.79 Å². The van der Waals surface area contributed by atoms with Gasteiger partial charge in [-0.2, -0.15) is 0 Å². The lowest BCUT2D eigenvalue weighted by Gasteiger charge is -2.40. The van der Waals surface area contributed by atoms with Crippen LogP contribution in [-0.2, 0) is 14.3 Å². The molecule has 1 heterocycles. The molecule has 0 saturated carbocycles. The van der Waals surface area contributed by atoms with Crippen molar-refractivity contribution in [1.82, 2.24) is 5.32 Å². The fourth-order valence-corrected chi connectivity index (χ4v) is 14.0. The number of unbranched alkanes of at least 4 members (excludes halogenated alkanes) is 61. The molecule has 1 saturated heterocycles. The second kappa shape index (κ2) is 70.7. The average Bonchev–Trinajstić information content (AvgIpc) is 1.04. The topological polar surface area (TPSA) is 189 Å². The van der Waals surface area contributed by atoms with E-state index < -0.39 is 74.2 Å². The van der Waals surface area contributed by atoms with Crippen molar-refractivity contribution >= 4 is 5.91 Å². The van der Waals surface area contributed by atoms with Gasteiger partial charge in [0.25, 0.3) is 0 Å². The number of aliphatic hydroxyl groups is 7. The van der Waals surface area contributed by atoms with Crippen LogP contribution < -0.4 is 5.32 Å². The van der Waals surface area contributed by atoms with Crippen molar-refractivity contribution in [3.05, 3.63) is 12.2 Å². The molecule has 0 radical (unpaired) electrons. The Morgan fingerprint density at radius 2 is 0.634 bits per heavy atom. The molecule has 554 valence electrons. The van der Waals surface area contributed by atoms with E-state index in [-0.39, 0.29) is 12.8 Å². The van der Waals surface area contributed by atoms with Gasteiger partial charge in [0.15, 0.2) is 6.29 Å². The summed E-state index contributed by atoms with van der Waals surface area (Å²) in [5.74, 6) is -0.696. The summed E-state index contributed by atoms with van der Waals surface area (Å²) in [6.45, 7) is 3.53. The van der Waals surface area contributed by atoms with Gasteiger partial charge in [0, 0.05) is 0 Å². The quantitative estimate of drug-likeness (QED) is 0.0215. The number of rotatable bonds is 75. The third-order valence-electron chi connectivity index (χ3n) is 20.6. The minimum Gasteiger partial charge on any atom is -0.394 e. The molecular formula is C82H161NO10. The number of hydrogen-bond acceptors (Lipinski definition) is 10. The molecule has 0 aliphatic carbocycles. The largest absolute Gasteiger partial charge is 0.394 e. The first-order valence-corrected chi connectivity index (χ1v) is 41.6. The second-order valence-electron chi connectivity index (χ2n) is 29.6. The first-order chi connectivity index (χ1) is 45.7. The number of amides is 1. The Balaban J connectivity index is 2.11. The number of ether oxygens (including phenoxy) is 2. The van der Waals surface area contributed by atoms with E-state index in [9.17, 15) is 40.5 Å². The van der Waals surface area contributed by atoms with Crippen molar-refractivity contribution in [3.8, 4) is 0 Å². The Bertz CT molecular complexity index is 1520. The van der Waals surface area contributed by atoms with Crippen molar-refractivity contribution in [2.24, 2.45) is 0 Å². The van der Waals surface area contributed by atoms with Gasteiger partial charge in [-0.15, -0.1) is 0 Å². The van der Waals surface area contributed by atoms with E-state index in [0.717, 1.165) is 32.1 Å².